The quantitative estimate of drug-likeness (QED) is 0.344. The molecule has 0 unspecified atom stereocenters. The second kappa shape index (κ2) is 9.32. The van der Waals surface area contributed by atoms with Gasteiger partial charge in [-0.15, -0.1) is 0 Å². The number of nitrogens with zero attached hydrogens (tertiary/aromatic N) is 2. The fourth-order valence-corrected chi connectivity index (χ4v) is 3.11. The lowest BCUT2D eigenvalue weighted by Gasteiger charge is -2.12. The van der Waals surface area contributed by atoms with E-state index in [4.69, 9.17) is 11.6 Å². The van der Waals surface area contributed by atoms with Gasteiger partial charge in [0.1, 0.15) is 5.82 Å². The van der Waals surface area contributed by atoms with Gasteiger partial charge in [0, 0.05) is 34.5 Å². The number of nitrogens with one attached hydrogen (secondary N) is 4. The molecule has 3 aromatic carbocycles. The van der Waals surface area contributed by atoms with Gasteiger partial charge in [-0.2, -0.15) is 0 Å². The predicted molar refractivity (Wildman–Crippen MR) is 127 cm³/mol. The first kappa shape index (κ1) is 21.1. The average Bonchev–Trinajstić information content (AvgIpc) is 2.81. The Morgan fingerprint density at radius 1 is 0.781 bits per heavy atom. The van der Waals surface area contributed by atoms with Crippen LogP contribution in [0.3, 0.4) is 0 Å². The Hall–Kier alpha value is -4.17. The van der Waals surface area contributed by atoms with Crippen molar-refractivity contribution in [3.63, 3.8) is 0 Å². The Kier molecular flexibility index (Phi) is 6.14. The smallest absolute Gasteiger partial charge is 0.323 e. The zero-order chi connectivity index (χ0) is 22.5. The van der Waals surface area contributed by atoms with E-state index in [9.17, 15) is 9.59 Å². The van der Waals surface area contributed by atoms with Gasteiger partial charge in [-0.3, -0.25) is 4.79 Å². The molecule has 0 spiro atoms. The normalized spacial score (nSPS) is 10.4. The molecule has 1 heterocycles. The van der Waals surface area contributed by atoms with Crippen LogP contribution in [0.25, 0.3) is 10.9 Å². The molecule has 0 radical (unpaired) electrons. The number of anilines is 4. The van der Waals surface area contributed by atoms with Crippen molar-refractivity contribution < 1.29 is 9.59 Å². The molecule has 3 amide bonds. The van der Waals surface area contributed by atoms with Gasteiger partial charge in [0.05, 0.1) is 5.52 Å². The van der Waals surface area contributed by atoms with Crippen molar-refractivity contribution in [1.82, 2.24) is 15.3 Å². The van der Waals surface area contributed by atoms with Crippen LogP contribution in [0.15, 0.2) is 72.8 Å². The summed E-state index contributed by atoms with van der Waals surface area (Å²) in [7, 11) is 1.53. The lowest BCUT2D eigenvalue weighted by atomic mass is 10.2. The highest BCUT2D eigenvalue weighted by Gasteiger charge is 2.13. The monoisotopic (exact) mass is 446 g/mol. The summed E-state index contributed by atoms with van der Waals surface area (Å²) in [5, 5.41) is 12.6. The fourth-order valence-electron chi connectivity index (χ4n) is 2.99. The molecule has 160 valence electrons. The topological polar surface area (TPSA) is 108 Å². The molecule has 0 aliphatic carbocycles. The molecule has 0 saturated heterocycles. The molecule has 4 N–H and O–H groups in total. The van der Waals surface area contributed by atoms with E-state index in [-0.39, 0.29) is 17.8 Å². The van der Waals surface area contributed by atoms with Crippen LogP contribution in [-0.4, -0.2) is 29.0 Å². The summed E-state index contributed by atoms with van der Waals surface area (Å²) in [6.07, 6.45) is 0. The number of hydrogen-bond donors (Lipinski definition) is 4. The number of amides is 3. The zero-order valence-electron chi connectivity index (χ0n) is 17.0. The van der Waals surface area contributed by atoms with Gasteiger partial charge >= 0.3 is 6.03 Å². The molecule has 9 heteroatoms. The molecule has 1 aromatic heterocycles. The van der Waals surface area contributed by atoms with Gasteiger partial charge in [0.25, 0.3) is 5.91 Å². The van der Waals surface area contributed by atoms with Crippen molar-refractivity contribution in [2.24, 2.45) is 0 Å². The summed E-state index contributed by atoms with van der Waals surface area (Å²) in [5.74, 6) is 0.214. The molecule has 8 nitrogen and oxygen atoms in total. The van der Waals surface area contributed by atoms with E-state index in [0.717, 1.165) is 11.1 Å². The van der Waals surface area contributed by atoms with Crippen LogP contribution in [0.4, 0.5) is 27.7 Å². The number of fused-ring (bicyclic) bond motifs is 1. The molecular weight excluding hydrogens is 428 g/mol. The van der Waals surface area contributed by atoms with E-state index in [1.54, 1.807) is 48.5 Å². The highest BCUT2D eigenvalue weighted by atomic mass is 35.5. The average molecular weight is 447 g/mol. The van der Waals surface area contributed by atoms with E-state index in [1.165, 1.54) is 7.05 Å². The summed E-state index contributed by atoms with van der Waals surface area (Å²) >= 11 is 5.85. The Morgan fingerprint density at radius 2 is 1.38 bits per heavy atom. The fraction of sp³-hybridized carbons (Fsp3) is 0.0435. The molecule has 0 fully saturated rings. The van der Waals surface area contributed by atoms with Crippen LogP contribution in [0.2, 0.25) is 5.02 Å². The van der Waals surface area contributed by atoms with Crippen LogP contribution >= 0.6 is 11.6 Å². The second-order valence-electron chi connectivity index (χ2n) is 6.78. The molecule has 0 saturated carbocycles. The minimum absolute atomic E-state index is 0.0749. The second-order valence-corrected chi connectivity index (χ2v) is 7.22. The van der Waals surface area contributed by atoms with E-state index in [2.05, 4.69) is 31.2 Å². The Morgan fingerprint density at radius 3 is 2.03 bits per heavy atom. The minimum atomic E-state index is -0.370. The summed E-state index contributed by atoms with van der Waals surface area (Å²) in [5.41, 5.74) is 2.63. The van der Waals surface area contributed by atoms with Gasteiger partial charge in [-0.25, -0.2) is 14.8 Å². The number of urea groups is 1. The first-order valence-electron chi connectivity index (χ1n) is 9.71. The third-order valence-electron chi connectivity index (χ3n) is 4.54. The zero-order valence-corrected chi connectivity index (χ0v) is 17.8. The summed E-state index contributed by atoms with van der Waals surface area (Å²) in [4.78, 5) is 32.9. The number of aromatic nitrogens is 2. The van der Waals surface area contributed by atoms with Crippen molar-refractivity contribution in [2.45, 2.75) is 0 Å². The van der Waals surface area contributed by atoms with Gasteiger partial charge in [-0.1, -0.05) is 23.7 Å². The molecular formula is C23H19ClN6O2. The largest absolute Gasteiger partial charge is 0.352 e. The van der Waals surface area contributed by atoms with Crippen molar-refractivity contribution in [3.05, 3.63) is 83.6 Å². The Labute approximate surface area is 189 Å². The van der Waals surface area contributed by atoms with Crippen LogP contribution in [0, 0.1) is 0 Å². The number of rotatable bonds is 5. The Balaban J connectivity index is 1.49. The van der Waals surface area contributed by atoms with E-state index >= 15 is 0 Å². The van der Waals surface area contributed by atoms with Gasteiger partial charge < -0.3 is 21.3 Å². The van der Waals surface area contributed by atoms with Crippen LogP contribution in [0.1, 0.15) is 10.6 Å². The molecule has 0 atom stereocenters. The third kappa shape index (κ3) is 4.93. The number of carbonyl (C=O) groups excluding carboxylic acids is 2. The lowest BCUT2D eigenvalue weighted by Crippen LogP contribution is -2.21. The maximum Gasteiger partial charge on any atom is 0.323 e. The SMILES string of the molecule is CNC(=O)c1nc(Nc2ccc(NC(=O)Nc3ccc(Cl)cc3)cc2)c2ccccc2n1. The Bertz CT molecular complexity index is 1280. The van der Waals surface area contributed by atoms with Crippen molar-refractivity contribution in [1.29, 1.82) is 0 Å². The number of carbonyl (C=O) groups is 2. The third-order valence-corrected chi connectivity index (χ3v) is 4.79. The molecule has 0 aliphatic heterocycles. The molecule has 4 aromatic rings. The van der Waals surface area contributed by atoms with Gasteiger partial charge in [0.2, 0.25) is 5.82 Å². The molecule has 32 heavy (non-hydrogen) atoms. The maximum atomic E-state index is 12.2. The number of benzene rings is 3. The standard InChI is InChI=1S/C23H19ClN6O2/c1-25-22(31)21-29-19-5-3-2-4-18(19)20(30-21)26-15-10-12-17(13-11-15)28-23(32)27-16-8-6-14(24)7-9-16/h2-13H,1H3,(H,25,31)(H,26,29,30)(H2,27,28,32). The number of hydrogen-bond acceptors (Lipinski definition) is 5. The lowest BCUT2D eigenvalue weighted by molar-refractivity contribution is 0.0953. The number of para-hydroxylation sites is 1. The first-order chi connectivity index (χ1) is 15.5. The maximum absolute atomic E-state index is 12.2. The number of halogens is 1. The summed E-state index contributed by atoms with van der Waals surface area (Å²) < 4.78 is 0. The molecule has 0 aliphatic rings. The summed E-state index contributed by atoms with van der Waals surface area (Å²) in [6, 6.07) is 21.0. The van der Waals surface area contributed by atoms with Gasteiger partial charge in [-0.05, 0) is 60.7 Å². The minimum Gasteiger partial charge on any atom is -0.352 e. The molecule has 0 bridgehead atoms. The van der Waals surface area contributed by atoms with E-state index < -0.39 is 0 Å². The predicted octanol–water partition coefficient (Wildman–Crippen LogP) is 5.03. The van der Waals surface area contributed by atoms with Crippen molar-refractivity contribution in [3.8, 4) is 0 Å². The van der Waals surface area contributed by atoms with Gasteiger partial charge in [0.15, 0.2) is 0 Å². The van der Waals surface area contributed by atoms with E-state index in [0.29, 0.717) is 27.7 Å². The van der Waals surface area contributed by atoms with Crippen molar-refractivity contribution >= 4 is 57.3 Å². The van der Waals surface area contributed by atoms with Crippen LogP contribution in [-0.2, 0) is 0 Å². The van der Waals surface area contributed by atoms with Crippen molar-refractivity contribution in [2.75, 3.05) is 23.0 Å². The molecule has 4 rings (SSSR count). The first-order valence-corrected chi connectivity index (χ1v) is 10.1. The highest BCUT2D eigenvalue weighted by Crippen LogP contribution is 2.25. The summed E-state index contributed by atoms with van der Waals surface area (Å²) in [6.45, 7) is 0. The van der Waals surface area contributed by atoms with E-state index in [1.807, 2.05) is 24.3 Å². The highest BCUT2D eigenvalue weighted by molar-refractivity contribution is 6.30. The van der Waals surface area contributed by atoms with Crippen LogP contribution < -0.4 is 21.3 Å². The van der Waals surface area contributed by atoms with Crippen LogP contribution in [0.5, 0.6) is 0 Å².